The van der Waals surface area contributed by atoms with E-state index in [0.717, 1.165) is 51.1 Å². The molecule has 2 bridgehead atoms. The van der Waals surface area contributed by atoms with E-state index in [-0.39, 0.29) is 23.5 Å². The standard InChI is InChI=1S/C28H35N3O3/c1-28(2,3)26(32)30-15-13-29(14-16-30)22-9-10-23-21-11-12-31(25(17-21)24(23)18-22)27(33)34-19-20-7-5-4-6-8-20/h4-10,18,21,25H,11-17,19H2,1-3H3/t21-,25-/m1/s1. The van der Waals surface area contributed by atoms with Gasteiger partial charge in [0.2, 0.25) is 5.91 Å². The molecule has 0 saturated carbocycles. The van der Waals surface area contributed by atoms with Crippen molar-refractivity contribution in [3.05, 3.63) is 65.2 Å². The summed E-state index contributed by atoms with van der Waals surface area (Å²) in [6, 6.07) is 16.7. The highest BCUT2D eigenvalue weighted by molar-refractivity contribution is 5.81. The lowest BCUT2D eigenvalue weighted by Gasteiger charge is -2.39. The molecule has 34 heavy (non-hydrogen) atoms. The maximum absolute atomic E-state index is 13.0. The Kier molecular flexibility index (Phi) is 6.00. The van der Waals surface area contributed by atoms with Crippen LogP contribution in [-0.4, -0.2) is 54.5 Å². The van der Waals surface area contributed by atoms with Gasteiger partial charge in [0.1, 0.15) is 6.61 Å². The van der Waals surface area contributed by atoms with E-state index in [4.69, 9.17) is 4.74 Å². The van der Waals surface area contributed by atoms with E-state index in [1.54, 1.807) is 0 Å². The molecule has 6 nitrogen and oxygen atoms in total. The zero-order valence-corrected chi connectivity index (χ0v) is 20.5. The normalized spacial score (nSPS) is 21.9. The van der Waals surface area contributed by atoms with Crippen LogP contribution in [0.25, 0.3) is 0 Å². The van der Waals surface area contributed by atoms with E-state index in [1.807, 2.05) is 60.9 Å². The fourth-order valence-corrected chi connectivity index (χ4v) is 5.62. The van der Waals surface area contributed by atoms with Crippen LogP contribution in [0.2, 0.25) is 0 Å². The highest BCUT2D eigenvalue weighted by Gasteiger charge is 2.42. The Morgan fingerprint density at radius 1 is 0.941 bits per heavy atom. The number of likely N-dealkylation sites (tertiary alicyclic amines) is 1. The highest BCUT2D eigenvalue weighted by Crippen LogP contribution is 2.50. The highest BCUT2D eigenvalue weighted by atomic mass is 16.6. The summed E-state index contributed by atoms with van der Waals surface area (Å²) in [5.74, 6) is 0.744. The molecule has 2 aliphatic heterocycles. The summed E-state index contributed by atoms with van der Waals surface area (Å²) in [4.78, 5) is 31.9. The van der Waals surface area contributed by atoms with Gasteiger partial charge in [0.05, 0.1) is 6.04 Å². The van der Waals surface area contributed by atoms with Crippen LogP contribution in [0.4, 0.5) is 10.5 Å². The molecule has 2 saturated heterocycles. The number of ether oxygens (including phenoxy) is 1. The molecule has 5 rings (SSSR count). The zero-order valence-electron chi connectivity index (χ0n) is 20.5. The van der Waals surface area contributed by atoms with Crippen LogP contribution in [0.15, 0.2) is 48.5 Å². The monoisotopic (exact) mass is 461 g/mol. The van der Waals surface area contributed by atoms with Crippen molar-refractivity contribution in [2.45, 2.75) is 52.2 Å². The molecule has 0 unspecified atom stereocenters. The zero-order chi connectivity index (χ0) is 23.9. The number of hydrogen-bond acceptors (Lipinski definition) is 4. The van der Waals surface area contributed by atoms with Crippen molar-refractivity contribution in [2.75, 3.05) is 37.6 Å². The van der Waals surface area contributed by atoms with Gasteiger partial charge in [0.15, 0.2) is 0 Å². The van der Waals surface area contributed by atoms with Crippen LogP contribution >= 0.6 is 0 Å². The second-order valence-electron chi connectivity index (χ2n) is 10.8. The third kappa shape index (κ3) is 4.38. The lowest BCUT2D eigenvalue weighted by atomic mass is 9.94. The van der Waals surface area contributed by atoms with Gasteiger partial charge in [-0.05, 0) is 47.6 Å². The predicted molar refractivity (Wildman–Crippen MR) is 133 cm³/mol. The number of rotatable bonds is 3. The Hall–Kier alpha value is -3.02. The second kappa shape index (κ2) is 8.97. The molecule has 2 fully saturated rings. The first-order valence-electron chi connectivity index (χ1n) is 12.5. The van der Waals surface area contributed by atoms with Gasteiger partial charge < -0.3 is 19.4 Å². The Balaban J connectivity index is 1.27. The van der Waals surface area contributed by atoms with Gasteiger partial charge in [0, 0.05) is 43.8 Å². The van der Waals surface area contributed by atoms with E-state index in [1.165, 1.54) is 16.8 Å². The van der Waals surface area contributed by atoms with Crippen LogP contribution in [0, 0.1) is 5.41 Å². The summed E-state index contributed by atoms with van der Waals surface area (Å²) < 4.78 is 5.68. The number of carbonyl (C=O) groups is 2. The maximum Gasteiger partial charge on any atom is 0.410 e. The first-order chi connectivity index (χ1) is 16.3. The van der Waals surface area contributed by atoms with E-state index in [9.17, 15) is 9.59 Å². The number of piperazine rings is 1. The molecule has 0 N–H and O–H groups in total. The van der Waals surface area contributed by atoms with Gasteiger partial charge in [-0.15, -0.1) is 0 Å². The molecule has 2 aromatic rings. The van der Waals surface area contributed by atoms with Crippen molar-refractivity contribution in [1.29, 1.82) is 0 Å². The quantitative estimate of drug-likeness (QED) is 0.649. The molecule has 180 valence electrons. The largest absolute Gasteiger partial charge is 0.445 e. The minimum atomic E-state index is -0.341. The Morgan fingerprint density at radius 3 is 2.38 bits per heavy atom. The van der Waals surface area contributed by atoms with E-state index < -0.39 is 0 Å². The van der Waals surface area contributed by atoms with Crippen molar-refractivity contribution < 1.29 is 14.3 Å². The van der Waals surface area contributed by atoms with Crippen LogP contribution in [0.1, 0.15) is 62.3 Å². The first-order valence-corrected chi connectivity index (χ1v) is 12.5. The summed E-state index contributed by atoms with van der Waals surface area (Å²) in [5.41, 5.74) is 4.50. The van der Waals surface area contributed by atoms with Crippen LogP contribution < -0.4 is 4.90 Å². The third-order valence-electron chi connectivity index (χ3n) is 7.48. The van der Waals surface area contributed by atoms with E-state index in [0.29, 0.717) is 12.5 Å². The van der Waals surface area contributed by atoms with Crippen molar-refractivity contribution in [2.24, 2.45) is 5.41 Å². The average Bonchev–Trinajstić information content (AvgIpc) is 3.13. The number of hydrogen-bond donors (Lipinski definition) is 0. The fraction of sp³-hybridized carbons (Fsp3) is 0.500. The first kappa shape index (κ1) is 22.8. The summed E-state index contributed by atoms with van der Waals surface area (Å²) in [5, 5.41) is 0. The molecule has 2 aromatic carbocycles. The number of fused-ring (bicyclic) bond motifs is 5. The van der Waals surface area contributed by atoms with Crippen molar-refractivity contribution in [3.63, 3.8) is 0 Å². The van der Waals surface area contributed by atoms with Crippen LogP contribution in [-0.2, 0) is 16.1 Å². The van der Waals surface area contributed by atoms with E-state index >= 15 is 0 Å². The molecule has 0 radical (unpaired) electrons. The summed E-state index contributed by atoms with van der Waals surface area (Å²) in [6.07, 6.45) is 1.74. The Bertz CT molecular complexity index is 1050. The SMILES string of the molecule is CC(C)(C)C(=O)N1CCN(c2ccc3c(c2)[C@H]2C[C@H]3CCN2C(=O)OCc2ccccc2)CC1. The lowest BCUT2D eigenvalue weighted by molar-refractivity contribution is -0.139. The molecule has 2 amide bonds. The molecule has 0 aromatic heterocycles. The number of carbonyl (C=O) groups excluding carboxylic acids is 2. The van der Waals surface area contributed by atoms with Crippen molar-refractivity contribution in [1.82, 2.24) is 9.80 Å². The number of benzene rings is 2. The average molecular weight is 462 g/mol. The molecule has 2 heterocycles. The minimum absolute atomic E-state index is 0.0840. The lowest BCUT2D eigenvalue weighted by Crippen LogP contribution is -2.51. The number of nitrogens with zero attached hydrogens (tertiary/aromatic N) is 3. The molecular formula is C28H35N3O3. The molecule has 3 aliphatic rings. The van der Waals surface area contributed by atoms with Gasteiger partial charge in [-0.2, -0.15) is 0 Å². The Morgan fingerprint density at radius 2 is 1.68 bits per heavy atom. The number of piperidine rings is 1. The third-order valence-corrected chi connectivity index (χ3v) is 7.48. The van der Waals surface area contributed by atoms with Crippen LogP contribution in [0.5, 0.6) is 0 Å². The van der Waals surface area contributed by atoms with Gasteiger partial charge in [0.25, 0.3) is 0 Å². The summed E-state index contributed by atoms with van der Waals surface area (Å²) in [7, 11) is 0. The molecule has 6 heteroatoms. The van der Waals surface area contributed by atoms with E-state index in [2.05, 4.69) is 23.1 Å². The Labute approximate surface area is 202 Å². The number of amides is 2. The summed E-state index contributed by atoms with van der Waals surface area (Å²) in [6.45, 7) is 10.1. The second-order valence-corrected chi connectivity index (χ2v) is 10.8. The van der Waals surface area contributed by atoms with Gasteiger partial charge >= 0.3 is 6.09 Å². The summed E-state index contributed by atoms with van der Waals surface area (Å²) >= 11 is 0. The smallest absolute Gasteiger partial charge is 0.410 e. The van der Waals surface area contributed by atoms with Gasteiger partial charge in [-0.1, -0.05) is 57.2 Å². The van der Waals surface area contributed by atoms with Gasteiger partial charge in [-0.25, -0.2) is 4.79 Å². The molecule has 2 atom stereocenters. The van der Waals surface area contributed by atoms with Crippen molar-refractivity contribution in [3.8, 4) is 0 Å². The maximum atomic E-state index is 13.0. The topological polar surface area (TPSA) is 53.1 Å². The van der Waals surface area contributed by atoms with Crippen molar-refractivity contribution >= 4 is 17.7 Å². The molecule has 0 spiro atoms. The number of anilines is 1. The molecular weight excluding hydrogens is 426 g/mol. The predicted octanol–water partition coefficient (Wildman–Crippen LogP) is 4.95. The fourth-order valence-electron chi connectivity index (χ4n) is 5.62. The molecule has 1 aliphatic carbocycles. The van der Waals surface area contributed by atoms with Crippen LogP contribution in [0.3, 0.4) is 0 Å². The minimum Gasteiger partial charge on any atom is -0.445 e. The van der Waals surface area contributed by atoms with Gasteiger partial charge in [-0.3, -0.25) is 4.79 Å².